The molecule has 14 heteroatoms. The van der Waals surface area contributed by atoms with Crippen molar-refractivity contribution < 1.29 is 33.8 Å². The summed E-state index contributed by atoms with van der Waals surface area (Å²) in [6, 6.07) is 13.5. The number of carbonyl (C=O) groups is 4. The molecule has 3 atom stereocenters. The van der Waals surface area contributed by atoms with Crippen LogP contribution in [0.3, 0.4) is 0 Å². The SMILES string of the molecule is CCCCCN1C=Nc2cccc3nc4c(c1c23)Cn1c-4cc2c(c1=O)COC(=O)[C@@]2(CC)OC(=O)C[C@@H](NC(=O)[C@@H](N)Cc1ccccc1)C(=O)O. The van der Waals surface area contributed by atoms with Gasteiger partial charge in [0, 0.05) is 17.7 Å². The number of nitrogens with zero attached hydrogens (tertiary/aromatic N) is 4. The maximum absolute atomic E-state index is 14.2. The van der Waals surface area contributed by atoms with Crippen LogP contribution < -0.4 is 21.5 Å². The average molecular weight is 721 g/mol. The lowest BCUT2D eigenvalue weighted by Gasteiger charge is -2.36. The van der Waals surface area contributed by atoms with Gasteiger partial charge in [0.2, 0.25) is 11.5 Å². The van der Waals surface area contributed by atoms with E-state index >= 15 is 0 Å². The number of esters is 2. The molecule has 2 aromatic heterocycles. The minimum Gasteiger partial charge on any atom is -0.480 e. The van der Waals surface area contributed by atoms with Crippen LogP contribution in [0.15, 0.2) is 64.4 Å². The number of cyclic esters (lactones) is 1. The minimum absolute atomic E-state index is 0.117. The number of rotatable bonds is 13. The van der Waals surface area contributed by atoms with Crippen LogP contribution >= 0.6 is 0 Å². The van der Waals surface area contributed by atoms with E-state index in [1.54, 1.807) is 41.8 Å². The molecule has 5 heterocycles. The first-order chi connectivity index (χ1) is 25.6. The molecule has 0 saturated heterocycles. The Kier molecular flexibility index (Phi) is 9.56. The molecule has 2 aromatic carbocycles. The Labute approximate surface area is 304 Å². The minimum atomic E-state index is -2.06. The Hall–Kier alpha value is -5.89. The second-order valence-corrected chi connectivity index (χ2v) is 13.5. The summed E-state index contributed by atoms with van der Waals surface area (Å²) in [7, 11) is 0. The van der Waals surface area contributed by atoms with Crippen LogP contribution in [0.4, 0.5) is 11.4 Å². The topological polar surface area (TPSA) is 196 Å². The molecule has 53 heavy (non-hydrogen) atoms. The van der Waals surface area contributed by atoms with E-state index < -0.39 is 53.5 Å². The number of benzene rings is 2. The highest BCUT2D eigenvalue weighted by atomic mass is 16.6. The first kappa shape index (κ1) is 35.5. The highest BCUT2D eigenvalue weighted by molar-refractivity contribution is 6.11. The van der Waals surface area contributed by atoms with Gasteiger partial charge >= 0.3 is 17.9 Å². The lowest BCUT2D eigenvalue weighted by atomic mass is 9.85. The number of hydrogen-bond acceptors (Lipinski definition) is 11. The van der Waals surface area contributed by atoms with Crippen LogP contribution in [-0.4, -0.2) is 63.4 Å². The number of carboxylic acids is 1. The van der Waals surface area contributed by atoms with E-state index in [4.69, 9.17) is 20.2 Å². The molecule has 4 aromatic rings. The molecule has 14 nitrogen and oxygen atoms in total. The number of carboxylic acid groups (broad SMARTS) is 1. The zero-order valence-electron chi connectivity index (χ0n) is 29.5. The highest BCUT2D eigenvalue weighted by Crippen LogP contribution is 2.47. The number of unbranched alkanes of at least 4 members (excludes halogenated alkanes) is 2. The maximum atomic E-state index is 14.2. The van der Waals surface area contributed by atoms with Crippen molar-refractivity contribution in [1.82, 2.24) is 14.9 Å². The number of anilines is 1. The van der Waals surface area contributed by atoms with Crippen molar-refractivity contribution in [1.29, 1.82) is 0 Å². The third kappa shape index (κ3) is 6.32. The van der Waals surface area contributed by atoms with Crippen LogP contribution in [0.2, 0.25) is 0 Å². The molecule has 7 rings (SSSR count). The number of amides is 1. The standard InChI is InChI=1S/C39H40N6O8/c1-3-5-9-15-44-21-41-27-13-10-14-28-32(27)34(44)23-19-45-30(33(23)42-28)17-25-24(36(45)48)20-52-38(51)39(25,4-2)53-31(46)18-29(37(49)50)43-35(47)26(40)16-22-11-7-6-8-12-22/h6-8,10-14,17,21,26,29H,3-5,9,15-16,18-20,40H2,1-2H3,(H,43,47)(H,49,50)/t26-,29+,39-/m0/s1. The fourth-order valence-electron chi connectivity index (χ4n) is 7.40. The zero-order valence-corrected chi connectivity index (χ0v) is 29.5. The molecular formula is C39H40N6O8. The molecule has 3 aliphatic heterocycles. The summed E-state index contributed by atoms with van der Waals surface area (Å²) in [5, 5.41) is 13.1. The average Bonchev–Trinajstić information content (AvgIpc) is 3.52. The molecule has 3 aliphatic rings. The number of nitrogens with one attached hydrogen (secondary N) is 1. The van der Waals surface area contributed by atoms with Gasteiger partial charge in [0.15, 0.2) is 0 Å². The quantitative estimate of drug-likeness (QED) is 0.118. The number of nitrogens with two attached hydrogens (primary N) is 1. The largest absolute Gasteiger partial charge is 0.480 e. The van der Waals surface area contributed by atoms with Gasteiger partial charge in [0.1, 0.15) is 12.6 Å². The summed E-state index contributed by atoms with van der Waals surface area (Å²) in [6.45, 7) is 4.36. The van der Waals surface area contributed by atoms with Crippen molar-refractivity contribution in [2.45, 2.75) is 83.2 Å². The molecule has 4 N–H and O–H groups in total. The molecule has 0 radical (unpaired) electrons. The van der Waals surface area contributed by atoms with Gasteiger partial charge in [-0.25, -0.2) is 19.6 Å². The van der Waals surface area contributed by atoms with Crippen molar-refractivity contribution in [2.75, 3.05) is 11.4 Å². The fraction of sp³-hybridized carbons (Fsp3) is 0.359. The lowest BCUT2D eigenvalue weighted by Crippen LogP contribution is -2.51. The summed E-state index contributed by atoms with van der Waals surface area (Å²) in [6.07, 6.45) is 4.08. The third-order valence-electron chi connectivity index (χ3n) is 10.2. The number of aromatic nitrogens is 2. The second kappa shape index (κ2) is 14.3. The molecule has 274 valence electrons. The second-order valence-electron chi connectivity index (χ2n) is 13.5. The molecule has 0 fully saturated rings. The molecule has 0 aliphatic carbocycles. The lowest BCUT2D eigenvalue weighted by molar-refractivity contribution is -0.190. The van der Waals surface area contributed by atoms with E-state index in [9.17, 15) is 29.1 Å². The van der Waals surface area contributed by atoms with Crippen molar-refractivity contribution in [3.63, 3.8) is 0 Å². The number of aliphatic imine (C=N–C) groups is 1. The van der Waals surface area contributed by atoms with E-state index in [0.29, 0.717) is 16.9 Å². The summed E-state index contributed by atoms with van der Waals surface area (Å²) < 4.78 is 12.9. The summed E-state index contributed by atoms with van der Waals surface area (Å²) >= 11 is 0. The van der Waals surface area contributed by atoms with E-state index in [1.807, 2.05) is 30.6 Å². The predicted octanol–water partition coefficient (Wildman–Crippen LogP) is 3.83. The first-order valence-corrected chi connectivity index (χ1v) is 17.8. The number of hydrogen-bond donors (Lipinski definition) is 3. The van der Waals surface area contributed by atoms with E-state index in [0.717, 1.165) is 53.7 Å². The Morgan fingerprint density at radius 2 is 1.87 bits per heavy atom. The van der Waals surface area contributed by atoms with Crippen molar-refractivity contribution in [3.05, 3.63) is 87.2 Å². The fourth-order valence-corrected chi connectivity index (χ4v) is 7.40. The smallest absolute Gasteiger partial charge is 0.355 e. The highest BCUT2D eigenvalue weighted by Gasteiger charge is 2.51. The van der Waals surface area contributed by atoms with Gasteiger partial charge in [0.05, 0.1) is 64.6 Å². The number of carbonyl (C=O) groups excluding carboxylic acids is 3. The molecule has 0 spiro atoms. The third-order valence-corrected chi connectivity index (χ3v) is 10.2. The summed E-state index contributed by atoms with van der Waals surface area (Å²) in [5.74, 6) is -4.25. The molecule has 1 amide bonds. The number of ether oxygens (including phenoxy) is 2. The Bertz CT molecular complexity index is 2230. The molecule has 0 bridgehead atoms. The van der Waals surface area contributed by atoms with Crippen molar-refractivity contribution in [3.8, 4) is 11.4 Å². The van der Waals surface area contributed by atoms with Crippen LogP contribution in [0.5, 0.6) is 0 Å². The Morgan fingerprint density at radius 3 is 2.60 bits per heavy atom. The molecule has 0 saturated carbocycles. The summed E-state index contributed by atoms with van der Waals surface area (Å²) in [5.41, 5.74) is 8.91. The van der Waals surface area contributed by atoms with E-state index in [2.05, 4.69) is 22.1 Å². The van der Waals surface area contributed by atoms with Gasteiger partial charge in [-0.2, -0.15) is 0 Å². The summed E-state index contributed by atoms with van der Waals surface area (Å²) in [4.78, 5) is 78.2. The monoisotopic (exact) mass is 720 g/mol. The van der Waals surface area contributed by atoms with Crippen LogP contribution in [-0.2, 0) is 53.8 Å². The number of aliphatic carboxylic acids is 1. The van der Waals surface area contributed by atoms with Gasteiger partial charge in [0.25, 0.3) is 5.56 Å². The van der Waals surface area contributed by atoms with Crippen LogP contribution in [0, 0.1) is 0 Å². The normalized spacial score (nSPS) is 17.7. The first-order valence-electron chi connectivity index (χ1n) is 17.8. The van der Waals surface area contributed by atoms with Crippen LogP contribution in [0.25, 0.3) is 22.3 Å². The molecular weight excluding hydrogens is 680 g/mol. The van der Waals surface area contributed by atoms with E-state index in [1.165, 1.54) is 0 Å². The zero-order chi connectivity index (χ0) is 37.4. The van der Waals surface area contributed by atoms with E-state index in [-0.39, 0.29) is 37.1 Å². The Balaban J connectivity index is 1.21. The number of fused-ring (bicyclic) bond motifs is 5. The van der Waals surface area contributed by atoms with Gasteiger partial charge in [-0.15, -0.1) is 0 Å². The van der Waals surface area contributed by atoms with Gasteiger partial charge in [-0.1, -0.05) is 63.1 Å². The van der Waals surface area contributed by atoms with Gasteiger partial charge in [-0.05, 0) is 43.0 Å². The maximum Gasteiger partial charge on any atom is 0.355 e. The van der Waals surface area contributed by atoms with Crippen LogP contribution in [0.1, 0.15) is 68.2 Å². The predicted molar refractivity (Wildman–Crippen MR) is 196 cm³/mol. The Morgan fingerprint density at radius 1 is 1.08 bits per heavy atom. The van der Waals surface area contributed by atoms with Gasteiger partial charge < -0.3 is 35.1 Å². The van der Waals surface area contributed by atoms with Crippen molar-refractivity contribution in [2.24, 2.45) is 10.7 Å². The van der Waals surface area contributed by atoms with Gasteiger partial charge in [-0.3, -0.25) is 14.4 Å². The number of pyridine rings is 2. The van der Waals surface area contributed by atoms with Crippen molar-refractivity contribution >= 4 is 52.4 Å². The molecule has 0 unspecified atom stereocenters.